The Morgan fingerprint density at radius 1 is 1.38 bits per heavy atom. The van der Waals surface area contributed by atoms with Crippen molar-refractivity contribution >= 4 is 15.7 Å². The molecule has 1 fully saturated rings. The van der Waals surface area contributed by atoms with Crippen LogP contribution in [-0.2, 0) is 38.2 Å². The standard InChI is InChI=1S/C21H27N3O4S/c1-3-11-24-19(14-23(17(2)25)15-20-10-7-12-28-20)13-22-21(24)29(26,27)16-18-8-5-4-6-9-18/h3-6,8-9,13,20H,1,7,10-12,14-16H2,2H3. The molecule has 0 N–H and O–H groups in total. The third-order valence-corrected chi connectivity index (χ3v) is 6.53. The minimum Gasteiger partial charge on any atom is -0.376 e. The Bertz CT molecular complexity index is 948. The van der Waals surface area contributed by atoms with Gasteiger partial charge in [0.25, 0.3) is 0 Å². The molecular weight excluding hydrogens is 390 g/mol. The summed E-state index contributed by atoms with van der Waals surface area (Å²) in [5.74, 6) is -0.214. The monoisotopic (exact) mass is 417 g/mol. The zero-order valence-corrected chi connectivity index (χ0v) is 17.5. The summed E-state index contributed by atoms with van der Waals surface area (Å²) in [6.07, 6.45) is 5.10. The van der Waals surface area contributed by atoms with Crippen molar-refractivity contribution in [1.82, 2.24) is 14.5 Å². The normalized spacial score (nSPS) is 16.7. The second kappa shape index (κ2) is 9.37. The average molecular weight is 418 g/mol. The number of ether oxygens (including phenoxy) is 1. The highest BCUT2D eigenvalue weighted by atomic mass is 32.2. The van der Waals surface area contributed by atoms with Crippen LogP contribution < -0.4 is 0 Å². The summed E-state index contributed by atoms with van der Waals surface area (Å²) >= 11 is 0. The van der Waals surface area contributed by atoms with Gasteiger partial charge in [0.1, 0.15) is 0 Å². The quantitative estimate of drug-likeness (QED) is 0.586. The Balaban J connectivity index is 1.85. The molecule has 1 aromatic carbocycles. The van der Waals surface area contributed by atoms with Gasteiger partial charge in [-0.05, 0) is 18.4 Å². The molecule has 0 bridgehead atoms. The van der Waals surface area contributed by atoms with Gasteiger partial charge >= 0.3 is 0 Å². The smallest absolute Gasteiger partial charge is 0.228 e. The van der Waals surface area contributed by atoms with Crippen LogP contribution in [0.5, 0.6) is 0 Å². The summed E-state index contributed by atoms with van der Waals surface area (Å²) in [5.41, 5.74) is 1.36. The first-order valence-electron chi connectivity index (χ1n) is 9.70. The first-order chi connectivity index (χ1) is 13.9. The molecule has 29 heavy (non-hydrogen) atoms. The van der Waals surface area contributed by atoms with Crippen LogP contribution in [0.4, 0.5) is 0 Å². The molecule has 1 amide bonds. The van der Waals surface area contributed by atoms with Crippen molar-refractivity contribution in [3.63, 3.8) is 0 Å². The minimum atomic E-state index is -3.65. The number of sulfone groups is 1. The largest absolute Gasteiger partial charge is 0.376 e. The molecule has 0 aliphatic carbocycles. The molecule has 1 unspecified atom stereocenters. The SMILES string of the molecule is C=CCn1c(CN(CC2CCCO2)C(C)=O)cnc1S(=O)(=O)Cc1ccccc1. The molecule has 1 atom stereocenters. The lowest BCUT2D eigenvalue weighted by Crippen LogP contribution is -2.36. The van der Waals surface area contributed by atoms with Gasteiger partial charge in [0.15, 0.2) is 0 Å². The van der Waals surface area contributed by atoms with Crippen LogP contribution in [0.1, 0.15) is 31.0 Å². The lowest BCUT2D eigenvalue weighted by atomic mass is 10.2. The molecule has 0 spiro atoms. The number of hydrogen-bond acceptors (Lipinski definition) is 5. The van der Waals surface area contributed by atoms with Crippen molar-refractivity contribution in [2.24, 2.45) is 0 Å². The number of allylic oxidation sites excluding steroid dienone is 1. The van der Waals surface area contributed by atoms with E-state index in [0.29, 0.717) is 31.0 Å². The molecule has 156 valence electrons. The summed E-state index contributed by atoms with van der Waals surface area (Å²) in [6, 6.07) is 9.01. The van der Waals surface area contributed by atoms with Crippen LogP contribution in [0, 0.1) is 0 Å². The molecule has 7 nitrogen and oxygen atoms in total. The molecule has 0 radical (unpaired) electrons. The van der Waals surface area contributed by atoms with Crippen LogP contribution in [0.2, 0.25) is 0 Å². The molecule has 2 heterocycles. The molecule has 1 aliphatic rings. The van der Waals surface area contributed by atoms with Gasteiger partial charge in [-0.2, -0.15) is 0 Å². The summed E-state index contributed by atoms with van der Waals surface area (Å²) in [4.78, 5) is 18.0. The number of amides is 1. The number of hydrogen-bond donors (Lipinski definition) is 0. The predicted octanol–water partition coefficient (Wildman–Crippen LogP) is 2.57. The van der Waals surface area contributed by atoms with Crippen molar-refractivity contribution < 1.29 is 17.9 Å². The fourth-order valence-electron chi connectivity index (χ4n) is 3.48. The fraction of sp³-hybridized carbons (Fsp3) is 0.429. The fourth-order valence-corrected chi connectivity index (χ4v) is 4.98. The molecule has 1 aliphatic heterocycles. The van der Waals surface area contributed by atoms with Crippen LogP contribution in [-0.4, -0.2) is 48.0 Å². The number of imidazole rings is 1. The number of aromatic nitrogens is 2. The van der Waals surface area contributed by atoms with E-state index in [2.05, 4.69) is 11.6 Å². The van der Waals surface area contributed by atoms with E-state index in [1.165, 1.54) is 13.1 Å². The van der Waals surface area contributed by atoms with E-state index in [0.717, 1.165) is 12.8 Å². The van der Waals surface area contributed by atoms with Crippen molar-refractivity contribution in [3.8, 4) is 0 Å². The van der Waals surface area contributed by atoms with Crippen molar-refractivity contribution in [2.45, 2.75) is 49.9 Å². The highest BCUT2D eigenvalue weighted by molar-refractivity contribution is 7.90. The second-order valence-corrected chi connectivity index (χ2v) is 9.09. The molecule has 1 aromatic heterocycles. The van der Waals surface area contributed by atoms with Crippen LogP contribution in [0.25, 0.3) is 0 Å². The molecular formula is C21H27N3O4S. The summed E-state index contributed by atoms with van der Waals surface area (Å²) < 4.78 is 33.2. The van der Waals surface area contributed by atoms with E-state index >= 15 is 0 Å². The maximum atomic E-state index is 13.0. The number of carbonyl (C=O) groups excluding carboxylic acids is 1. The van der Waals surface area contributed by atoms with Gasteiger partial charge in [-0.3, -0.25) is 4.79 Å². The van der Waals surface area contributed by atoms with Gasteiger partial charge in [0.05, 0.1) is 30.3 Å². The van der Waals surface area contributed by atoms with Gasteiger partial charge in [0, 0.05) is 26.6 Å². The Morgan fingerprint density at radius 3 is 2.76 bits per heavy atom. The lowest BCUT2D eigenvalue weighted by Gasteiger charge is -2.24. The first-order valence-corrected chi connectivity index (χ1v) is 11.3. The van der Waals surface area contributed by atoms with Gasteiger partial charge in [-0.15, -0.1) is 6.58 Å². The van der Waals surface area contributed by atoms with Gasteiger partial charge < -0.3 is 14.2 Å². The second-order valence-electron chi connectivity index (χ2n) is 7.21. The highest BCUT2D eigenvalue weighted by Gasteiger charge is 2.26. The Hall–Kier alpha value is -2.45. The number of rotatable bonds is 9. The average Bonchev–Trinajstić information content (AvgIpc) is 3.32. The molecule has 1 saturated heterocycles. The van der Waals surface area contributed by atoms with Crippen molar-refractivity contribution in [3.05, 3.63) is 60.4 Å². The molecule has 3 rings (SSSR count). The first kappa shape index (κ1) is 21.3. The van der Waals surface area contributed by atoms with Gasteiger partial charge in [-0.1, -0.05) is 36.4 Å². The van der Waals surface area contributed by atoms with E-state index < -0.39 is 9.84 Å². The van der Waals surface area contributed by atoms with E-state index in [4.69, 9.17) is 4.74 Å². The van der Waals surface area contributed by atoms with Gasteiger partial charge in [0.2, 0.25) is 20.9 Å². The zero-order valence-electron chi connectivity index (χ0n) is 16.7. The minimum absolute atomic E-state index is 0.00290. The van der Waals surface area contributed by atoms with Gasteiger partial charge in [-0.25, -0.2) is 13.4 Å². The Kier molecular flexibility index (Phi) is 6.87. The summed E-state index contributed by atoms with van der Waals surface area (Å²) in [7, 11) is -3.65. The number of benzene rings is 1. The van der Waals surface area contributed by atoms with Crippen LogP contribution in [0.15, 0.2) is 54.3 Å². The Morgan fingerprint density at radius 2 is 2.14 bits per heavy atom. The van der Waals surface area contributed by atoms with Crippen molar-refractivity contribution in [1.29, 1.82) is 0 Å². The topological polar surface area (TPSA) is 81.5 Å². The van der Waals surface area contributed by atoms with Crippen molar-refractivity contribution in [2.75, 3.05) is 13.2 Å². The van der Waals surface area contributed by atoms with Crippen LogP contribution in [0.3, 0.4) is 0 Å². The predicted molar refractivity (Wildman–Crippen MR) is 110 cm³/mol. The molecule has 2 aromatic rings. The summed E-state index contributed by atoms with van der Waals surface area (Å²) in [5, 5.41) is -0.00290. The summed E-state index contributed by atoms with van der Waals surface area (Å²) in [6.45, 7) is 7.02. The van der Waals surface area contributed by atoms with E-state index in [9.17, 15) is 13.2 Å². The van der Waals surface area contributed by atoms with E-state index in [-0.39, 0.29) is 29.5 Å². The number of carbonyl (C=O) groups is 1. The number of nitrogens with zero attached hydrogens (tertiary/aromatic N) is 3. The molecule has 0 saturated carbocycles. The zero-order chi connectivity index (χ0) is 20.9. The molecule has 8 heteroatoms. The lowest BCUT2D eigenvalue weighted by molar-refractivity contribution is -0.131. The maximum Gasteiger partial charge on any atom is 0.228 e. The third-order valence-electron chi connectivity index (χ3n) is 4.94. The van der Waals surface area contributed by atoms with E-state index in [1.54, 1.807) is 27.7 Å². The third kappa shape index (κ3) is 5.33. The Labute approximate surface area is 171 Å². The van der Waals surface area contributed by atoms with Crippen LogP contribution >= 0.6 is 0 Å². The highest BCUT2D eigenvalue weighted by Crippen LogP contribution is 2.20. The maximum absolute atomic E-state index is 13.0. The van der Waals surface area contributed by atoms with E-state index in [1.807, 2.05) is 18.2 Å².